The van der Waals surface area contributed by atoms with E-state index in [4.69, 9.17) is 14.2 Å². The molecule has 0 spiro atoms. The minimum Gasteiger partial charge on any atom is -0.493 e. The first-order valence-electron chi connectivity index (χ1n) is 8.88. The number of methoxy groups -OCH3 is 2. The summed E-state index contributed by atoms with van der Waals surface area (Å²) >= 11 is 0. The lowest BCUT2D eigenvalue weighted by Crippen LogP contribution is -2.38. The van der Waals surface area contributed by atoms with Crippen molar-refractivity contribution >= 4 is 5.91 Å². The van der Waals surface area contributed by atoms with E-state index in [1.54, 1.807) is 14.2 Å². The summed E-state index contributed by atoms with van der Waals surface area (Å²) < 4.78 is 16.3. The number of rotatable bonds is 10. The van der Waals surface area contributed by atoms with Gasteiger partial charge in [0.15, 0.2) is 17.6 Å². The highest BCUT2D eigenvalue weighted by Gasteiger charge is 2.17. The van der Waals surface area contributed by atoms with Crippen molar-refractivity contribution in [2.75, 3.05) is 20.8 Å². The second-order valence-electron chi connectivity index (χ2n) is 5.91. The van der Waals surface area contributed by atoms with Gasteiger partial charge in [-0.15, -0.1) is 0 Å². The molecule has 1 amide bonds. The largest absolute Gasteiger partial charge is 0.493 e. The van der Waals surface area contributed by atoms with Crippen molar-refractivity contribution in [3.05, 3.63) is 54.1 Å². The third-order valence-electron chi connectivity index (χ3n) is 4.07. The second-order valence-corrected chi connectivity index (χ2v) is 5.91. The van der Waals surface area contributed by atoms with Crippen molar-refractivity contribution in [1.29, 1.82) is 0 Å². The second kappa shape index (κ2) is 10.3. The first kappa shape index (κ1) is 19.6. The third-order valence-corrected chi connectivity index (χ3v) is 4.07. The van der Waals surface area contributed by atoms with Crippen molar-refractivity contribution in [2.45, 2.75) is 32.3 Å². The standard InChI is InChI=1S/C21H27NO4/c1-4-18(26-17-10-6-5-7-11-17)21(23)22-14-8-9-16-12-13-19(24-2)20(15-16)25-3/h5-7,10-13,15,18H,4,8-9,14H2,1-3H3,(H,22,23). The smallest absolute Gasteiger partial charge is 0.261 e. The number of aryl methyl sites for hydroxylation is 1. The van der Waals surface area contributed by atoms with Crippen LogP contribution in [0.3, 0.4) is 0 Å². The fourth-order valence-electron chi connectivity index (χ4n) is 2.64. The van der Waals surface area contributed by atoms with E-state index in [2.05, 4.69) is 5.32 Å². The summed E-state index contributed by atoms with van der Waals surface area (Å²) in [4.78, 5) is 12.3. The Morgan fingerprint density at radius 2 is 1.77 bits per heavy atom. The van der Waals surface area contributed by atoms with Crippen molar-refractivity contribution in [1.82, 2.24) is 5.32 Å². The van der Waals surface area contributed by atoms with E-state index < -0.39 is 6.10 Å². The first-order valence-corrected chi connectivity index (χ1v) is 8.88. The molecule has 140 valence electrons. The highest BCUT2D eigenvalue weighted by molar-refractivity contribution is 5.81. The van der Waals surface area contributed by atoms with E-state index in [9.17, 15) is 4.79 Å². The number of ether oxygens (including phenoxy) is 3. The van der Waals surface area contributed by atoms with Crippen LogP contribution in [0, 0.1) is 0 Å². The third kappa shape index (κ3) is 5.69. The molecule has 0 heterocycles. The summed E-state index contributed by atoms with van der Waals surface area (Å²) in [6.45, 7) is 2.54. The lowest BCUT2D eigenvalue weighted by Gasteiger charge is -2.17. The molecule has 0 bridgehead atoms. The van der Waals surface area contributed by atoms with Gasteiger partial charge in [-0.05, 0) is 49.1 Å². The molecule has 0 radical (unpaired) electrons. The van der Waals surface area contributed by atoms with Crippen LogP contribution in [0.4, 0.5) is 0 Å². The van der Waals surface area contributed by atoms with Crippen LogP contribution in [0.2, 0.25) is 0 Å². The zero-order chi connectivity index (χ0) is 18.8. The summed E-state index contributed by atoms with van der Waals surface area (Å²) in [7, 11) is 3.24. The molecule has 0 saturated carbocycles. The fraction of sp³-hybridized carbons (Fsp3) is 0.381. The molecule has 0 aliphatic carbocycles. The van der Waals surface area contributed by atoms with Crippen LogP contribution in [0.5, 0.6) is 17.2 Å². The Morgan fingerprint density at radius 3 is 2.42 bits per heavy atom. The lowest BCUT2D eigenvalue weighted by molar-refractivity contribution is -0.128. The Labute approximate surface area is 155 Å². The van der Waals surface area contributed by atoms with Gasteiger partial charge in [0.25, 0.3) is 5.91 Å². The van der Waals surface area contributed by atoms with E-state index in [1.807, 2.05) is 55.5 Å². The number of amides is 1. The average Bonchev–Trinajstić information content (AvgIpc) is 2.69. The molecule has 2 aromatic rings. The number of benzene rings is 2. The molecule has 0 saturated heterocycles. The molecule has 0 aliphatic heterocycles. The topological polar surface area (TPSA) is 56.8 Å². The van der Waals surface area contributed by atoms with Gasteiger partial charge in [0.1, 0.15) is 5.75 Å². The van der Waals surface area contributed by atoms with Crippen LogP contribution in [0.15, 0.2) is 48.5 Å². The quantitative estimate of drug-likeness (QED) is 0.660. The van der Waals surface area contributed by atoms with Gasteiger partial charge in [-0.2, -0.15) is 0 Å². The Hall–Kier alpha value is -2.69. The van der Waals surface area contributed by atoms with Crippen molar-refractivity contribution < 1.29 is 19.0 Å². The SMILES string of the molecule is CCC(Oc1ccccc1)C(=O)NCCCc1ccc(OC)c(OC)c1. The highest BCUT2D eigenvalue weighted by atomic mass is 16.5. The number of carbonyl (C=O) groups is 1. The molecule has 5 nitrogen and oxygen atoms in total. The summed E-state index contributed by atoms with van der Waals surface area (Å²) in [6, 6.07) is 15.3. The Morgan fingerprint density at radius 1 is 1.04 bits per heavy atom. The van der Waals surface area contributed by atoms with E-state index >= 15 is 0 Å². The predicted molar refractivity (Wildman–Crippen MR) is 102 cm³/mol. The molecule has 0 aliphatic rings. The van der Waals surface area contributed by atoms with Crippen molar-refractivity contribution in [3.8, 4) is 17.2 Å². The van der Waals surface area contributed by atoms with Crippen LogP contribution in [-0.2, 0) is 11.2 Å². The normalized spacial score (nSPS) is 11.5. The summed E-state index contributed by atoms with van der Waals surface area (Å²) in [5, 5.41) is 2.96. The van der Waals surface area contributed by atoms with Crippen LogP contribution >= 0.6 is 0 Å². The van der Waals surface area contributed by atoms with Gasteiger partial charge in [-0.25, -0.2) is 0 Å². The maximum absolute atomic E-state index is 12.3. The number of hydrogen-bond acceptors (Lipinski definition) is 4. The van der Waals surface area contributed by atoms with Crippen molar-refractivity contribution in [2.24, 2.45) is 0 Å². The molecule has 2 aromatic carbocycles. The van der Waals surface area contributed by atoms with Crippen LogP contribution in [-0.4, -0.2) is 32.8 Å². The highest BCUT2D eigenvalue weighted by Crippen LogP contribution is 2.27. The van der Waals surface area contributed by atoms with E-state index in [-0.39, 0.29) is 5.91 Å². The Bertz CT molecular complexity index is 688. The average molecular weight is 357 g/mol. The van der Waals surface area contributed by atoms with Gasteiger partial charge in [-0.1, -0.05) is 31.2 Å². The first-order chi connectivity index (χ1) is 12.7. The Kier molecular flexibility index (Phi) is 7.80. The zero-order valence-electron chi connectivity index (χ0n) is 15.7. The maximum atomic E-state index is 12.3. The predicted octanol–water partition coefficient (Wildman–Crippen LogP) is 3.61. The maximum Gasteiger partial charge on any atom is 0.261 e. The van der Waals surface area contributed by atoms with Crippen LogP contribution < -0.4 is 19.5 Å². The number of carbonyl (C=O) groups excluding carboxylic acids is 1. The molecule has 1 unspecified atom stereocenters. The minimum atomic E-state index is -0.474. The minimum absolute atomic E-state index is 0.0799. The van der Waals surface area contributed by atoms with Gasteiger partial charge in [0.05, 0.1) is 14.2 Å². The van der Waals surface area contributed by atoms with Gasteiger partial charge in [0.2, 0.25) is 0 Å². The van der Waals surface area contributed by atoms with E-state index in [1.165, 1.54) is 0 Å². The summed E-state index contributed by atoms with van der Waals surface area (Å²) in [5.74, 6) is 2.06. The summed E-state index contributed by atoms with van der Waals surface area (Å²) in [6.07, 6.45) is 1.83. The number of para-hydroxylation sites is 1. The summed E-state index contributed by atoms with van der Waals surface area (Å²) in [5.41, 5.74) is 1.14. The number of hydrogen-bond donors (Lipinski definition) is 1. The molecule has 26 heavy (non-hydrogen) atoms. The molecule has 0 aromatic heterocycles. The molecule has 2 rings (SSSR count). The van der Waals surface area contributed by atoms with Gasteiger partial charge < -0.3 is 19.5 Å². The number of nitrogens with one attached hydrogen (secondary N) is 1. The monoisotopic (exact) mass is 357 g/mol. The fourth-order valence-corrected chi connectivity index (χ4v) is 2.64. The van der Waals surface area contributed by atoms with Gasteiger partial charge in [0, 0.05) is 6.54 Å². The van der Waals surface area contributed by atoms with E-state index in [0.717, 1.165) is 24.2 Å². The molecule has 1 atom stereocenters. The van der Waals surface area contributed by atoms with Crippen LogP contribution in [0.25, 0.3) is 0 Å². The molecule has 5 heteroatoms. The molecular weight excluding hydrogens is 330 g/mol. The van der Waals surface area contributed by atoms with Gasteiger partial charge in [-0.3, -0.25) is 4.79 Å². The van der Waals surface area contributed by atoms with Crippen LogP contribution in [0.1, 0.15) is 25.3 Å². The molecule has 0 fully saturated rings. The van der Waals surface area contributed by atoms with E-state index in [0.29, 0.717) is 24.5 Å². The van der Waals surface area contributed by atoms with Crippen molar-refractivity contribution in [3.63, 3.8) is 0 Å². The lowest BCUT2D eigenvalue weighted by atomic mass is 10.1. The molecular formula is C21H27NO4. The van der Waals surface area contributed by atoms with Gasteiger partial charge >= 0.3 is 0 Å². The Balaban J connectivity index is 1.78. The molecule has 1 N–H and O–H groups in total. The zero-order valence-corrected chi connectivity index (χ0v) is 15.7.